The van der Waals surface area contributed by atoms with Gasteiger partial charge in [0, 0.05) is 5.69 Å². The first-order chi connectivity index (χ1) is 12.2. The summed E-state index contributed by atoms with van der Waals surface area (Å²) in [5.41, 5.74) is 1.81. The number of para-hydroxylation sites is 1. The van der Waals surface area contributed by atoms with Crippen molar-refractivity contribution in [2.45, 2.75) is 37.8 Å². The van der Waals surface area contributed by atoms with Crippen LogP contribution in [0.4, 0.5) is 5.69 Å². The molecule has 0 radical (unpaired) electrons. The van der Waals surface area contributed by atoms with Crippen molar-refractivity contribution >= 4 is 17.5 Å². The molecule has 2 aromatic rings. The van der Waals surface area contributed by atoms with Gasteiger partial charge in [0.15, 0.2) is 5.75 Å². The average Bonchev–Trinajstić information content (AvgIpc) is 3.32. The fraction of sp³-hybridized carbons (Fsp3) is 0.389. The Labute approximate surface area is 145 Å². The molecule has 0 unspecified atom stereocenters. The Morgan fingerprint density at radius 2 is 2.24 bits per heavy atom. The maximum absolute atomic E-state index is 12.5. The molecule has 0 spiro atoms. The van der Waals surface area contributed by atoms with Gasteiger partial charge in [-0.25, -0.2) is 0 Å². The molecule has 1 aliphatic heterocycles. The largest absolute Gasteiger partial charge is 0.485 e. The lowest BCUT2D eigenvalue weighted by Crippen LogP contribution is -2.47. The number of hydrogen-bond acceptors (Lipinski definition) is 4. The van der Waals surface area contributed by atoms with Crippen molar-refractivity contribution in [2.24, 2.45) is 0 Å². The van der Waals surface area contributed by atoms with Crippen LogP contribution >= 0.6 is 0 Å². The van der Waals surface area contributed by atoms with Crippen molar-refractivity contribution in [3.05, 3.63) is 42.2 Å². The average molecular weight is 340 g/mol. The normalized spacial score (nSPS) is 22.1. The monoisotopic (exact) mass is 340 g/mol. The summed E-state index contributed by atoms with van der Waals surface area (Å²) in [5, 5.41) is 9.61. The third-order valence-corrected chi connectivity index (χ3v) is 4.79. The number of aromatic amines is 1. The van der Waals surface area contributed by atoms with Gasteiger partial charge in [-0.1, -0.05) is 18.2 Å². The number of benzene rings is 1. The van der Waals surface area contributed by atoms with Crippen molar-refractivity contribution in [3.63, 3.8) is 0 Å². The minimum atomic E-state index is -0.155. The van der Waals surface area contributed by atoms with Crippen LogP contribution < -0.4 is 15.0 Å². The Morgan fingerprint density at radius 3 is 3.08 bits per heavy atom. The number of carbonyl (C=O) groups excluding carboxylic acids is 2. The van der Waals surface area contributed by atoms with Gasteiger partial charge >= 0.3 is 0 Å². The summed E-state index contributed by atoms with van der Waals surface area (Å²) in [7, 11) is 0. The summed E-state index contributed by atoms with van der Waals surface area (Å²) < 4.78 is 5.89. The molecule has 1 aromatic heterocycles. The highest BCUT2D eigenvalue weighted by atomic mass is 16.5. The number of ether oxygens (including phenoxy) is 1. The standard InChI is InChI=1S/C18H20N4O3/c23-17(11-22-15-6-2-1-4-12(15)8-18(22)24)21-14-5-3-7-16(14)25-13-9-19-20-10-13/h1-2,4,6,9-10,14,16H,3,5,7-8,11H2,(H,19,20)(H,21,23)/t14-,16+/m0/s1. The minimum absolute atomic E-state index is 0.0334. The molecule has 130 valence electrons. The van der Waals surface area contributed by atoms with Crippen molar-refractivity contribution in [3.8, 4) is 5.75 Å². The van der Waals surface area contributed by atoms with Gasteiger partial charge in [0.2, 0.25) is 11.8 Å². The summed E-state index contributed by atoms with van der Waals surface area (Å²) in [5.74, 6) is 0.488. The molecule has 25 heavy (non-hydrogen) atoms. The molecule has 0 bridgehead atoms. The van der Waals surface area contributed by atoms with E-state index >= 15 is 0 Å². The molecule has 2 atom stereocenters. The molecule has 4 rings (SSSR count). The van der Waals surface area contributed by atoms with Crippen LogP contribution in [-0.2, 0) is 16.0 Å². The summed E-state index contributed by atoms with van der Waals surface area (Å²) in [6, 6.07) is 7.56. The molecule has 0 saturated heterocycles. The van der Waals surface area contributed by atoms with Gasteiger partial charge in [-0.3, -0.25) is 14.7 Å². The summed E-state index contributed by atoms with van der Waals surface area (Å²) in [6.07, 6.45) is 6.37. The number of H-pyrrole nitrogens is 1. The van der Waals surface area contributed by atoms with Gasteiger partial charge in [-0.15, -0.1) is 0 Å². The first kappa shape index (κ1) is 15.7. The minimum Gasteiger partial charge on any atom is -0.485 e. The number of amides is 2. The predicted octanol–water partition coefficient (Wildman–Crippen LogP) is 1.42. The van der Waals surface area contributed by atoms with E-state index in [9.17, 15) is 9.59 Å². The van der Waals surface area contributed by atoms with Crippen LogP contribution in [0.5, 0.6) is 5.75 Å². The number of carbonyl (C=O) groups is 2. The smallest absolute Gasteiger partial charge is 0.240 e. The summed E-state index contributed by atoms with van der Waals surface area (Å²) in [6.45, 7) is 0.0464. The zero-order valence-corrected chi connectivity index (χ0v) is 13.8. The van der Waals surface area contributed by atoms with Crippen molar-refractivity contribution < 1.29 is 14.3 Å². The maximum atomic E-state index is 12.5. The molecule has 1 aliphatic carbocycles. The molecule has 7 nitrogen and oxygen atoms in total. The molecule has 2 amide bonds. The second-order valence-electron chi connectivity index (χ2n) is 6.48. The van der Waals surface area contributed by atoms with E-state index in [2.05, 4.69) is 15.5 Å². The lowest BCUT2D eigenvalue weighted by Gasteiger charge is -2.23. The van der Waals surface area contributed by atoms with Gasteiger partial charge in [0.25, 0.3) is 0 Å². The highest BCUT2D eigenvalue weighted by molar-refractivity contribution is 6.04. The van der Waals surface area contributed by atoms with Crippen molar-refractivity contribution in [1.29, 1.82) is 0 Å². The molecule has 2 heterocycles. The number of aromatic nitrogens is 2. The Hall–Kier alpha value is -2.83. The number of anilines is 1. The first-order valence-corrected chi connectivity index (χ1v) is 8.54. The van der Waals surface area contributed by atoms with Crippen molar-refractivity contribution in [2.75, 3.05) is 11.4 Å². The van der Waals surface area contributed by atoms with Crippen LogP contribution in [0.15, 0.2) is 36.7 Å². The topological polar surface area (TPSA) is 87.3 Å². The van der Waals surface area contributed by atoms with E-state index in [0.29, 0.717) is 12.2 Å². The molecular weight excluding hydrogens is 320 g/mol. The van der Waals surface area contributed by atoms with E-state index in [1.807, 2.05) is 24.3 Å². The first-order valence-electron chi connectivity index (χ1n) is 8.54. The van der Waals surface area contributed by atoms with E-state index in [4.69, 9.17) is 4.74 Å². The molecule has 7 heteroatoms. The number of hydrogen-bond donors (Lipinski definition) is 2. The van der Waals surface area contributed by atoms with Gasteiger partial charge in [-0.2, -0.15) is 5.10 Å². The lowest BCUT2D eigenvalue weighted by molar-refractivity contribution is -0.124. The predicted molar refractivity (Wildman–Crippen MR) is 91.3 cm³/mol. The molecule has 2 N–H and O–H groups in total. The Kier molecular flexibility index (Phi) is 4.13. The van der Waals surface area contributed by atoms with Crippen LogP contribution in [0.1, 0.15) is 24.8 Å². The van der Waals surface area contributed by atoms with E-state index < -0.39 is 0 Å². The highest BCUT2D eigenvalue weighted by Gasteiger charge is 2.33. The van der Waals surface area contributed by atoms with E-state index in [0.717, 1.165) is 30.5 Å². The van der Waals surface area contributed by atoms with Crippen LogP contribution in [0, 0.1) is 0 Å². The van der Waals surface area contributed by atoms with Crippen LogP contribution in [0.3, 0.4) is 0 Å². The van der Waals surface area contributed by atoms with Crippen LogP contribution in [-0.4, -0.2) is 40.7 Å². The number of rotatable bonds is 5. The van der Waals surface area contributed by atoms with Gasteiger partial charge < -0.3 is 15.0 Å². The summed E-state index contributed by atoms with van der Waals surface area (Å²) in [4.78, 5) is 26.2. The van der Waals surface area contributed by atoms with Gasteiger partial charge in [0.1, 0.15) is 12.6 Å². The quantitative estimate of drug-likeness (QED) is 0.862. The molecular formula is C18H20N4O3. The lowest BCUT2D eigenvalue weighted by atomic mass is 10.2. The summed E-state index contributed by atoms with van der Waals surface area (Å²) >= 11 is 0. The van der Waals surface area contributed by atoms with Crippen molar-refractivity contribution in [1.82, 2.24) is 15.5 Å². The SMILES string of the molecule is O=C(CN1C(=O)Cc2ccccc21)N[C@H]1CCC[C@H]1Oc1cn[nH]c1. The van der Waals surface area contributed by atoms with Crippen LogP contribution in [0.2, 0.25) is 0 Å². The second kappa shape index (κ2) is 6.58. The maximum Gasteiger partial charge on any atom is 0.240 e. The van der Waals surface area contributed by atoms with Gasteiger partial charge in [-0.05, 0) is 30.9 Å². The molecule has 1 fully saturated rings. The van der Waals surface area contributed by atoms with E-state index in [1.54, 1.807) is 17.3 Å². The third kappa shape index (κ3) is 3.22. The zero-order chi connectivity index (χ0) is 17.2. The van der Waals surface area contributed by atoms with Crippen LogP contribution in [0.25, 0.3) is 0 Å². The number of nitrogens with one attached hydrogen (secondary N) is 2. The Morgan fingerprint density at radius 1 is 1.36 bits per heavy atom. The Balaban J connectivity index is 1.38. The fourth-order valence-corrected chi connectivity index (χ4v) is 3.60. The number of nitrogens with zero attached hydrogens (tertiary/aromatic N) is 2. The fourth-order valence-electron chi connectivity index (χ4n) is 3.60. The van der Waals surface area contributed by atoms with Gasteiger partial charge in [0.05, 0.1) is 24.9 Å². The van der Waals surface area contributed by atoms with E-state index in [-0.39, 0.29) is 30.5 Å². The zero-order valence-electron chi connectivity index (χ0n) is 13.8. The second-order valence-corrected chi connectivity index (χ2v) is 6.48. The highest BCUT2D eigenvalue weighted by Crippen LogP contribution is 2.28. The molecule has 2 aliphatic rings. The van der Waals surface area contributed by atoms with E-state index in [1.165, 1.54) is 0 Å². The number of fused-ring (bicyclic) bond motifs is 1. The molecule has 1 aromatic carbocycles. The molecule has 1 saturated carbocycles. The Bertz CT molecular complexity index is 774. The third-order valence-electron chi connectivity index (χ3n) is 4.79.